The number of halogens is 1. The summed E-state index contributed by atoms with van der Waals surface area (Å²) in [5.74, 6) is -1.07. The fraction of sp³-hybridized carbons (Fsp3) is 0.125. The third kappa shape index (κ3) is 2.44. The number of aromatic carboxylic acids is 1. The van der Waals surface area contributed by atoms with Gasteiger partial charge in [0.1, 0.15) is 0 Å². The minimum absolute atomic E-state index is 0.0850. The lowest BCUT2D eigenvalue weighted by Gasteiger charge is -2.02. The monoisotopic (exact) mass is 326 g/mol. The lowest BCUT2D eigenvalue weighted by molar-refractivity contribution is 0.0696. The molecule has 1 aromatic rings. The zero-order valence-electron chi connectivity index (χ0n) is 7.19. The number of sulfone groups is 1. The van der Waals surface area contributed by atoms with Crippen LogP contribution in [-0.4, -0.2) is 25.7 Å². The highest BCUT2D eigenvalue weighted by molar-refractivity contribution is 14.1. The predicted molar refractivity (Wildman–Crippen MR) is 59.2 cm³/mol. The van der Waals surface area contributed by atoms with E-state index in [0.717, 1.165) is 6.26 Å². The van der Waals surface area contributed by atoms with Crippen LogP contribution in [0.2, 0.25) is 0 Å². The van der Waals surface area contributed by atoms with Crippen LogP contribution in [-0.2, 0) is 9.84 Å². The van der Waals surface area contributed by atoms with E-state index in [1.165, 1.54) is 18.2 Å². The van der Waals surface area contributed by atoms with E-state index in [9.17, 15) is 13.2 Å². The van der Waals surface area contributed by atoms with Crippen molar-refractivity contribution in [3.8, 4) is 0 Å². The summed E-state index contributed by atoms with van der Waals surface area (Å²) in [4.78, 5) is 10.7. The number of carboxylic acids is 1. The Labute approximate surface area is 95.0 Å². The van der Waals surface area contributed by atoms with E-state index in [1.807, 2.05) is 0 Å². The van der Waals surface area contributed by atoms with Gasteiger partial charge in [0.25, 0.3) is 0 Å². The molecule has 0 unspecified atom stereocenters. The van der Waals surface area contributed by atoms with Gasteiger partial charge < -0.3 is 5.11 Å². The molecule has 14 heavy (non-hydrogen) atoms. The molecule has 0 saturated heterocycles. The van der Waals surface area contributed by atoms with Crippen LogP contribution in [0.3, 0.4) is 0 Å². The van der Waals surface area contributed by atoms with Crippen molar-refractivity contribution < 1.29 is 18.3 Å². The molecule has 0 saturated carbocycles. The molecule has 6 heteroatoms. The Morgan fingerprint density at radius 2 is 2.00 bits per heavy atom. The fourth-order valence-electron chi connectivity index (χ4n) is 0.935. The van der Waals surface area contributed by atoms with Gasteiger partial charge in [0, 0.05) is 9.83 Å². The number of carboxylic acid groups (broad SMARTS) is 1. The average molecular weight is 326 g/mol. The summed E-state index contributed by atoms with van der Waals surface area (Å²) in [7, 11) is -3.28. The molecule has 0 radical (unpaired) electrons. The van der Waals surface area contributed by atoms with Crippen LogP contribution in [0.25, 0.3) is 0 Å². The van der Waals surface area contributed by atoms with E-state index in [0.29, 0.717) is 3.57 Å². The molecule has 1 aromatic carbocycles. The second kappa shape index (κ2) is 3.85. The van der Waals surface area contributed by atoms with Gasteiger partial charge in [-0.25, -0.2) is 13.2 Å². The van der Waals surface area contributed by atoms with E-state index in [4.69, 9.17) is 5.11 Å². The summed E-state index contributed by atoms with van der Waals surface area (Å²) < 4.78 is 22.8. The molecule has 0 atom stereocenters. The molecule has 0 aliphatic rings. The van der Waals surface area contributed by atoms with Crippen molar-refractivity contribution in [1.82, 2.24) is 0 Å². The van der Waals surface area contributed by atoms with Gasteiger partial charge in [0.05, 0.1) is 10.5 Å². The number of rotatable bonds is 2. The average Bonchev–Trinajstić information content (AvgIpc) is 2.01. The maximum absolute atomic E-state index is 11.2. The van der Waals surface area contributed by atoms with E-state index in [2.05, 4.69) is 0 Å². The summed E-state index contributed by atoms with van der Waals surface area (Å²) in [6.07, 6.45) is 1.09. The van der Waals surface area contributed by atoms with Crippen LogP contribution in [0.15, 0.2) is 23.1 Å². The number of benzene rings is 1. The largest absolute Gasteiger partial charge is 0.478 e. The van der Waals surface area contributed by atoms with Crippen molar-refractivity contribution in [2.45, 2.75) is 4.90 Å². The van der Waals surface area contributed by atoms with Gasteiger partial charge in [-0.05, 0) is 40.8 Å². The van der Waals surface area contributed by atoms with Gasteiger partial charge in [0.2, 0.25) is 0 Å². The van der Waals surface area contributed by atoms with Crippen molar-refractivity contribution in [3.05, 3.63) is 27.3 Å². The van der Waals surface area contributed by atoms with Gasteiger partial charge in [0.15, 0.2) is 9.84 Å². The number of hydrogen-bond acceptors (Lipinski definition) is 3. The van der Waals surface area contributed by atoms with Crippen molar-refractivity contribution in [3.63, 3.8) is 0 Å². The molecule has 1 rings (SSSR count). The van der Waals surface area contributed by atoms with Crippen LogP contribution in [0, 0.1) is 3.57 Å². The standard InChI is InChI=1S/C8H7IO4S/c1-14(12,13)7-3-2-5(8(10)11)4-6(7)9/h2-4H,1H3,(H,10,11). The first kappa shape index (κ1) is 11.4. The number of hydrogen-bond donors (Lipinski definition) is 1. The maximum Gasteiger partial charge on any atom is 0.335 e. The van der Waals surface area contributed by atoms with Gasteiger partial charge in [-0.1, -0.05) is 0 Å². The Hall–Kier alpha value is -0.630. The normalized spacial score (nSPS) is 11.3. The van der Waals surface area contributed by atoms with Crippen molar-refractivity contribution in [2.24, 2.45) is 0 Å². The van der Waals surface area contributed by atoms with Crippen LogP contribution in [0.5, 0.6) is 0 Å². The minimum atomic E-state index is -3.28. The number of carbonyl (C=O) groups is 1. The second-order valence-corrected chi connectivity index (χ2v) is 5.87. The molecule has 76 valence electrons. The fourth-order valence-corrected chi connectivity index (χ4v) is 3.38. The highest BCUT2D eigenvalue weighted by Gasteiger charge is 2.13. The third-order valence-electron chi connectivity index (χ3n) is 1.58. The van der Waals surface area contributed by atoms with Crippen LogP contribution >= 0.6 is 22.6 Å². The van der Waals surface area contributed by atoms with E-state index < -0.39 is 15.8 Å². The topological polar surface area (TPSA) is 71.4 Å². The highest BCUT2D eigenvalue weighted by atomic mass is 127. The molecule has 0 fully saturated rings. The molecule has 4 nitrogen and oxygen atoms in total. The Morgan fingerprint density at radius 3 is 2.36 bits per heavy atom. The summed E-state index contributed by atoms with van der Waals surface area (Å²) in [5, 5.41) is 8.65. The highest BCUT2D eigenvalue weighted by Crippen LogP contribution is 2.19. The summed E-state index contributed by atoms with van der Waals surface area (Å²) >= 11 is 1.80. The molecule has 0 aliphatic carbocycles. The van der Waals surface area contributed by atoms with E-state index in [-0.39, 0.29) is 10.5 Å². The predicted octanol–water partition coefficient (Wildman–Crippen LogP) is 1.39. The molecule has 1 N–H and O–H groups in total. The smallest absolute Gasteiger partial charge is 0.335 e. The molecular formula is C8H7IO4S. The van der Waals surface area contributed by atoms with Crippen LogP contribution in [0.1, 0.15) is 10.4 Å². The first-order valence-electron chi connectivity index (χ1n) is 3.55. The Balaban J connectivity index is 3.35. The zero-order chi connectivity index (χ0) is 10.9. The third-order valence-corrected chi connectivity index (χ3v) is 3.99. The Kier molecular flexibility index (Phi) is 3.15. The zero-order valence-corrected chi connectivity index (χ0v) is 10.2. The Morgan fingerprint density at radius 1 is 1.43 bits per heavy atom. The quantitative estimate of drug-likeness (QED) is 0.834. The van der Waals surface area contributed by atoms with Crippen molar-refractivity contribution in [2.75, 3.05) is 6.26 Å². The lowest BCUT2D eigenvalue weighted by atomic mass is 10.2. The molecule has 0 heterocycles. The van der Waals surface area contributed by atoms with E-state index >= 15 is 0 Å². The Bertz CT molecular complexity index is 478. The molecule has 0 bridgehead atoms. The van der Waals surface area contributed by atoms with Crippen molar-refractivity contribution in [1.29, 1.82) is 0 Å². The van der Waals surface area contributed by atoms with Gasteiger partial charge in [-0.3, -0.25) is 0 Å². The molecule has 0 spiro atoms. The lowest BCUT2D eigenvalue weighted by Crippen LogP contribution is -2.03. The summed E-state index contributed by atoms with van der Waals surface area (Å²) in [6, 6.07) is 3.92. The molecule has 0 aliphatic heterocycles. The van der Waals surface area contributed by atoms with Gasteiger partial charge >= 0.3 is 5.97 Å². The second-order valence-electron chi connectivity index (χ2n) is 2.72. The SMILES string of the molecule is CS(=O)(=O)c1ccc(C(=O)O)cc1I. The van der Waals surface area contributed by atoms with Crippen molar-refractivity contribution >= 4 is 38.4 Å². The maximum atomic E-state index is 11.2. The molecule has 0 aromatic heterocycles. The van der Waals surface area contributed by atoms with Crippen LogP contribution < -0.4 is 0 Å². The molecule has 0 amide bonds. The van der Waals surface area contributed by atoms with Gasteiger partial charge in [-0.15, -0.1) is 0 Å². The molecular weight excluding hydrogens is 319 g/mol. The van der Waals surface area contributed by atoms with E-state index in [1.54, 1.807) is 22.6 Å². The van der Waals surface area contributed by atoms with Crippen LogP contribution in [0.4, 0.5) is 0 Å². The van der Waals surface area contributed by atoms with Gasteiger partial charge in [-0.2, -0.15) is 0 Å². The first-order chi connectivity index (χ1) is 6.32. The first-order valence-corrected chi connectivity index (χ1v) is 6.52. The summed E-state index contributed by atoms with van der Waals surface area (Å²) in [5.41, 5.74) is 0.0850. The minimum Gasteiger partial charge on any atom is -0.478 e. The summed E-state index contributed by atoms with van der Waals surface area (Å²) in [6.45, 7) is 0.